The molecule has 1 heterocycles. The Morgan fingerprint density at radius 3 is 2.75 bits per heavy atom. The van der Waals surface area contributed by atoms with E-state index in [4.69, 9.17) is 11.5 Å². The van der Waals surface area contributed by atoms with Crippen LogP contribution in [0, 0.1) is 0 Å². The van der Waals surface area contributed by atoms with Gasteiger partial charge in [-0.1, -0.05) is 0 Å². The average molecular weight is 315 g/mol. The maximum Gasteiger partial charge on any atom is 0.248 e. The van der Waals surface area contributed by atoms with Gasteiger partial charge in [0.2, 0.25) is 15.9 Å². The summed E-state index contributed by atoms with van der Waals surface area (Å²) in [6.45, 7) is 0.393. The van der Waals surface area contributed by atoms with Crippen molar-refractivity contribution in [3.8, 4) is 0 Å². The van der Waals surface area contributed by atoms with E-state index in [1.165, 1.54) is 18.2 Å². The molecule has 0 aliphatic carbocycles. The maximum atomic E-state index is 12.2. The second-order valence-electron chi connectivity index (χ2n) is 4.60. The van der Waals surface area contributed by atoms with Gasteiger partial charge in [0.1, 0.15) is 4.90 Å². The fraction of sp³-hybridized carbons (Fsp3) is 0.417. The molecule has 5 N–H and O–H groups in total. The third-order valence-electron chi connectivity index (χ3n) is 3.11. The molecule has 110 valence electrons. The van der Waals surface area contributed by atoms with Gasteiger partial charge in [-0.3, -0.25) is 4.79 Å². The summed E-state index contributed by atoms with van der Waals surface area (Å²) < 4.78 is 26.9. The number of carbonyl (C=O) groups excluding carboxylic acids is 1. The van der Waals surface area contributed by atoms with Crippen molar-refractivity contribution in [1.29, 1.82) is 0 Å². The third-order valence-corrected chi connectivity index (χ3v) is 6.00. The Kier molecular flexibility index (Phi) is 4.56. The molecule has 0 saturated carbocycles. The predicted molar refractivity (Wildman–Crippen MR) is 80.0 cm³/mol. The minimum atomic E-state index is -3.66. The van der Waals surface area contributed by atoms with E-state index < -0.39 is 15.9 Å². The molecule has 0 spiro atoms. The zero-order valence-electron chi connectivity index (χ0n) is 10.8. The lowest BCUT2D eigenvalue weighted by molar-refractivity contribution is 0.1000. The molecule has 8 heteroatoms. The van der Waals surface area contributed by atoms with Crippen LogP contribution in [0.3, 0.4) is 0 Å². The first-order valence-corrected chi connectivity index (χ1v) is 8.74. The van der Waals surface area contributed by atoms with Crippen LogP contribution in [0.15, 0.2) is 23.1 Å². The summed E-state index contributed by atoms with van der Waals surface area (Å²) in [5.74, 6) is 0.429. The van der Waals surface area contributed by atoms with Crippen molar-refractivity contribution in [3.63, 3.8) is 0 Å². The van der Waals surface area contributed by atoms with Crippen LogP contribution in [0.25, 0.3) is 0 Å². The summed E-state index contributed by atoms with van der Waals surface area (Å²) in [7, 11) is -3.66. The Morgan fingerprint density at radius 1 is 1.45 bits per heavy atom. The van der Waals surface area contributed by atoms with Crippen LogP contribution in [0.1, 0.15) is 23.2 Å². The molecule has 1 aliphatic heterocycles. The van der Waals surface area contributed by atoms with E-state index in [0.717, 1.165) is 18.6 Å². The fourth-order valence-electron chi connectivity index (χ4n) is 2.03. The van der Waals surface area contributed by atoms with Gasteiger partial charge in [-0.15, -0.1) is 0 Å². The van der Waals surface area contributed by atoms with Crippen LogP contribution < -0.4 is 16.2 Å². The number of carbonyl (C=O) groups is 1. The second-order valence-corrected chi connectivity index (χ2v) is 7.75. The number of benzene rings is 1. The molecular weight excluding hydrogens is 298 g/mol. The number of anilines is 1. The van der Waals surface area contributed by atoms with E-state index >= 15 is 0 Å². The number of nitrogen functional groups attached to an aromatic ring is 1. The first-order valence-electron chi connectivity index (χ1n) is 6.21. The number of sulfonamides is 1. The van der Waals surface area contributed by atoms with Gasteiger partial charge >= 0.3 is 0 Å². The Labute approximate surface area is 122 Å². The number of rotatable bonds is 5. The average Bonchev–Trinajstić information content (AvgIpc) is 2.89. The van der Waals surface area contributed by atoms with Gasteiger partial charge in [0.25, 0.3) is 0 Å². The number of nitrogens with two attached hydrogens (primary N) is 2. The van der Waals surface area contributed by atoms with E-state index in [0.29, 0.717) is 11.8 Å². The molecule has 1 aliphatic rings. The van der Waals surface area contributed by atoms with E-state index in [9.17, 15) is 13.2 Å². The lowest BCUT2D eigenvalue weighted by Crippen LogP contribution is -2.30. The largest absolute Gasteiger partial charge is 0.398 e. The van der Waals surface area contributed by atoms with Gasteiger partial charge < -0.3 is 11.5 Å². The minimum Gasteiger partial charge on any atom is -0.398 e. The summed E-state index contributed by atoms with van der Waals surface area (Å²) in [6, 6.07) is 3.94. The molecule has 1 amide bonds. The molecule has 1 atom stereocenters. The highest BCUT2D eigenvalue weighted by Crippen LogP contribution is 2.26. The van der Waals surface area contributed by atoms with Crippen LogP contribution >= 0.6 is 11.8 Å². The monoisotopic (exact) mass is 315 g/mol. The van der Waals surface area contributed by atoms with E-state index in [1.54, 1.807) is 11.8 Å². The number of hydrogen-bond donors (Lipinski definition) is 3. The van der Waals surface area contributed by atoms with Gasteiger partial charge in [0, 0.05) is 17.4 Å². The SMILES string of the molecule is NC(=O)c1ccc(S(=O)(=O)NCC2CCCS2)c(N)c1. The van der Waals surface area contributed by atoms with Crippen LogP contribution in [-0.4, -0.2) is 31.9 Å². The molecule has 1 fully saturated rings. The van der Waals surface area contributed by atoms with Crippen molar-refractivity contribution in [1.82, 2.24) is 4.72 Å². The number of nitrogens with one attached hydrogen (secondary N) is 1. The topological polar surface area (TPSA) is 115 Å². The summed E-state index contributed by atoms with van der Waals surface area (Å²) >= 11 is 1.77. The Bertz CT molecular complexity index is 610. The molecule has 1 aromatic rings. The highest BCUT2D eigenvalue weighted by molar-refractivity contribution is 8.00. The Balaban J connectivity index is 2.14. The van der Waals surface area contributed by atoms with Crippen LogP contribution in [0.2, 0.25) is 0 Å². The molecule has 20 heavy (non-hydrogen) atoms. The van der Waals surface area contributed by atoms with Crippen LogP contribution in [0.4, 0.5) is 5.69 Å². The van der Waals surface area contributed by atoms with Gasteiger partial charge in [-0.05, 0) is 36.8 Å². The summed E-state index contributed by atoms with van der Waals surface area (Å²) in [6.07, 6.45) is 2.13. The molecule has 1 saturated heterocycles. The zero-order chi connectivity index (χ0) is 14.8. The molecule has 0 bridgehead atoms. The Hall–Kier alpha value is -1.25. The van der Waals surface area contributed by atoms with Crippen LogP contribution in [-0.2, 0) is 10.0 Å². The molecule has 0 aromatic heterocycles. The molecule has 1 unspecified atom stereocenters. The van der Waals surface area contributed by atoms with Gasteiger partial charge in [0.15, 0.2) is 0 Å². The number of primary amides is 1. The minimum absolute atomic E-state index is 0.0212. The lowest BCUT2D eigenvalue weighted by Gasteiger charge is -2.12. The predicted octanol–water partition coefficient (Wildman–Crippen LogP) is 0.542. The van der Waals surface area contributed by atoms with Crippen molar-refractivity contribution in [3.05, 3.63) is 23.8 Å². The smallest absolute Gasteiger partial charge is 0.248 e. The van der Waals surface area contributed by atoms with Crippen molar-refractivity contribution in [2.24, 2.45) is 5.73 Å². The number of thioether (sulfide) groups is 1. The summed E-state index contributed by atoms with van der Waals surface area (Å²) in [5.41, 5.74) is 11.0. The first-order chi connectivity index (χ1) is 9.40. The summed E-state index contributed by atoms with van der Waals surface area (Å²) in [5, 5.41) is 0.316. The molecule has 0 radical (unpaired) electrons. The molecular formula is C12H17N3O3S2. The van der Waals surface area contributed by atoms with Crippen molar-refractivity contribution >= 4 is 33.4 Å². The fourth-order valence-corrected chi connectivity index (χ4v) is 4.53. The number of hydrogen-bond acceptors (Lipinski definition) is 5. The number of amides is 1. The quantitative estimate of drug-likeness (QED) is 0.686. The van der Waals surface area contributed by atoms with E-state index in [-0.39, 0.29) is 16.1 Å². The Morgan fingerprint density at radius 2 is 2.20 bits per heavy atom. The van der Waals surface area contributed by atoms with Gasteiger partial charge in [0.05, 0.1) is 5.69 Å². The highest BCUT2D eigenvalue weighted by atomic mass is 32.2. The van der Waals surface area contributed by atoms with E-state index in [2.05, 4.69) is 4.72 Å². The normalized spacial score (nSPS) is 19.1. The molecule has 1 aromatic carbocycles. The highest BCUT2D eigenvalue weighted by Gasteiger charge is 2.22. The van der Waals surface area contributed by atoms with Crippen molar-refractivity contribution in [2.75, 3.05) is 18.0 Å². The maximum absolute atomic E-state index is 12.2. The standard InChI is InChI=1S/C12H17N3O3S2/c13-10-6-8(12(14)16)3-4-11(10)20(17,18)15-7-9-2-1-5-19-9/h3-4,6,9,15H,1-2,5,7,13H2,(H2,14,16). The first kappa shape index (κ1) is 15.1. The van der Waals surface area contributed by atoms with Crippen molar-refractivity contribution in [2.45, 2.75) is 23.0 Å². The molecule has 2 rings (SSSR count). The van der Waals surface area contributed by atoms with Gasteiger partial charge in [-0.2, -0.15) is 11.8 Å². The van der Waals surface area contributed by atoms with Gasteiger partial charge in [-0.25, -0.2) is 13.1 Å². The lowest BCUT2D eigenvalue weighted by atomic mass is 10.2. The van der Waals surface area contributed by atoms with E-state index in [1.807, 2.05) is 0 Å². The molecule has 6 nitrogen and oxygen atoms in total. The third kappa shape index (κ3) is 3.44. The van der Waals surface area contributed by atoms with Crippen molar-refractivity contribution < 1.29 is 13.2 Å². The zero-order valence-corrected chi connectivity index (χ0v) is 12.5. The van der Waals surface area contributed by atoms with Crippen LogP contribution in [0.5, 0.6) is 0 Å². The summed E-state index contributed by atoms with van der Waals surface area (Å²) in [4.78, 5) is 11.0. The second kappa shape index (κ2) is 6.02.